The number of nitrogens with one attached hydrogen (secondary N) is 1. The molecular formula is C20H19ClN6O2S. The number of amidine groups is 1. The molecule has 3 amide bonds. The van der Waals surface area contributed by atoms with E-state index in [4.69, 9.17) is 16.6 Å². The Morgan fingerprint density at radius 3 is 2.70 bits per heavy atom. The number of hydrogen-bond donors (Lipinski definition) is 1. The van der Waals surface area contributed by atoms with Gasteiger partial charge in [0.1, 0.15) is 10.2 Å². The number of imide groups is 1. The second-order valence-electron chi connectivity index (χ2n) is 7.23. The minimum absolute atomic E-state index is 0.318. The molecule has 10 heteroatoms. The normalized spacial score (nSPS) is 21.2. The van der Waals surface area contributed by atoms with Gasteiger partial charge in [-0.2, -0.15) is 0 Å². The average molecular weight is 443 g/mol. The van der Waals surface area contributed by atoms with Crippen molar-refractivity contribution in [1.82, 2.24) is 24.5 Å². The molecule has 2 aliphatic rings. The summed E-state index contributed by atoms with van der Waals surface area (Å²) in [6.07, 6.45) is 3.67. The number of hydrogen-bond acceptors (Lipinski definition) is 6. The number of benzene rings is 1. The third-order valence-electron chi connectivity index (χ3n) is 5.36. The Labute approximate surface area is 181 Å². The van der Waals surface area contributed by atoms with Crippen molar-refractivity contribution in [2.24, 2.45) is 4.99 Å². The highest BCUT2D eigenvalue weighted by Crippen LogP contribution is 2.29. The number of fused-ring (bicyclic) bond motifs is 2. The lowest BCUT2D eigenvalue weighted by atomic mass is 10.1. The first-order chi connectivity index (χ1) is 14.5. The molecule has 1 saturated heterocycles. The van der Waals surface area contributed by atoms with Gasteiger partial charge in [0.2, 0.25) is 0 Å². The number of urea groups is 1. The maximum absolute atomic E-state index is 12.8. The van der Waals surface area contributed by atoms with Crippen LogP contribution in [0.1, 0.15) is 18.2 Å². The Balaban J connectivity index is 1.50. The zero-order valence-corrected chi connectivity index (χ0v) is 17.7. The van der Waals surface area contributed by atoms with Crippen molar-refractivity contribution in [1.29, 1.82) is 0 Å². The van der Waals surface area contributed by atoms with Gasteiger partial charge in [-0.3, -0.25) is 19.4 Å². The van der Waals surface area contributed by atoms with Gasteiger partial charge in [0, 0.05) is 31.9 Å². The van der Waals surface area contributed by atoms with Gasteiger partial charge < -0.3 is 4.90 Å². The summed E-state index contributed by atoms with van der Waals surface area (Å²) >= 11 is 7.45. The number of carbonyl (C=O) groups excluding carboxylic acids is 2. The third kappa shape index (κ3) is 3.23. The molecule has 1 N–H and O–H groups in total. The molecule has 2 aliphatic heterocycles. The predicted molar refractivity (Wildman–Crippen MR) is 115 cm³/mol. The molecule has 0 saturated carbocycles. The van der Waals surface area contributed by atoms with Gasteiger partial charge in [0.25, 0.3) is 5.91 Å². The minimum Gasteiger partial charge on any atom is -0.340 e. The Hall–Kier alpha value is -2.91. The Morgan fingerprint density at radius 2 is 1.97 bits per heavy atom. The monoisotopic (exact) mass is 442 g/mol. The van der Waals surface area contributed by atoms with Crippen LogP contribution in [0.5, 0.6) is 0 Å². The number of halogens is 1. The molecule has 5 rings (SSSR count). The van der Waals surface area contributed by atoms with Gasteiger partial charge in [-0.25, -0.2) is 14.8 Å². The van der Waals surface area contributed by atoms with Crippen LogP contribution in [0.3, 0.4) is 0 Å². The molecule has 0 aliphatic carbocycles. The molecule has 2 atom stereocenters. The minimum atomic E-state index is -0.559. The molecule has 1 fully saturated rings. The van der Waals surface area contributed by atoms with Crippen molar-refractivity contribution in [3.8, 4) is 0 Å². The molecule has 8 nitrogen and oxygen atoms in total. The van der Waals surface area contributed by atoms with E-state index >= 15 is 0 Å². The van der Waals surface area contributed by atoms with E-state index in [-0.39, 0.29) is 5.91 Å². The Morgan fingerprint density at radius 1 is 1.17 bits per heavy atom. The smallest absolute Gasteiger partial charge is 0.325 e. The van der Waals surface area contributed by atoms with E-state index in [1.807, 2.05) is 58.9 Å². The van der Waals surface area contributed by atoms with E-state index in [2.05, 4.69) is 10.3 Å². The maximum atomic E-state index is 12.8. The van der Waals surface area contributed by atoms with Crippen LogP contribution in [0, 0.1) is 0 Å². The van der Waals surface area contributed by atoms with Crippen LogP contribution in [0.15, 0.2) is 47.7 Å². The summed E-state index contributed by atoms with van der Waals surface area (Å²) in [6.45, 7) is 2.87. The van der Waals surface area contributed by atoms with Gasteiger partial charge in [-0.05, 0) is 12.5 Å². The number of nitrogens with zero attached hydrogens (tertiary/aromatic N) is 5. The van der Waals surface area contributed by atoms with Crippen molar-refractivity contribution in [2.45, 2.75) is 32.1 Å². The largest absolute Gasteiger partial charge is 0.340 e. The quantitative estimate of drug-likeness (QED) is 0.658. The van der Waals surface area contributed by atoms with Gasteiger partial charge in [0.05, 0.1) is 5.69 Å². The highest BCUT2D eigenvalue weighted by molar-refractivity contribution is 7.20. The molecular weight excluding hydrogens is 424 g/mol. The zero-order valence-electron chi connectivity index (χ0n) is 16.2. The SMILES string of the molecule is CCN1C(=O)NC(=O)C2C1N=C(Cc1cn3cc(Cl)sc3n1)N2Cc1ccccc1. The van der Waals surface area contributed by atoms with Crippen molar-refractivity contribution in [3.63, 3.8) is 0 Å². The van der Waals surface area contributed by atoms with Gasteiger partial charge in [-0.15, -0.1) is 0 Å². The molecule has 3 aromatic rings. The molecule has 4 heterocycles. The Kier molecular flexibility index (Phi) is 4.71. The van der Waals surface area contributed by atoms with Crippen LogP contribution in [0.2, 0.25) is 4.34 Å². The van der Waals surface area contributed by atoms with E-state index in [1.165, 1.54) is 11.3 Å². The van der Waals surface area contributed by atoms with Crippen LogP contribution in [-0.4, -0.2) is 55.7 Å². The summed E-state index contributed by atoms with van der Waals surface area (Å²) in [6, 6.07) is 8.97. The molecule has 0 spiro atoms. The maximum Gasteiger partial charge on any atom is 0.325 e. The Bertz CT molecular complexity index is 1130. The first-order valence-electron chi connectivity index (χ1n) is 9.65. The highest BCUT2D eigenvalue weighted by atomic mass is 35.5. The van der Waals surface area contributed by atoms with Crippen molar-refractivity contribution < 1.29 is 9.59 Å². The summed E-state index contributed by atoms with van der Waals surface area (Å²) in [4.78, 5) is 38.9. The van der Waals surface area contributed by atoms with Crippen LogP contribution in [0.4, 0.5) is 4.79 Å². The molecule has 30 heavy (non-hydrogen) atoms. The first kappa shape index (κ1) is 19.1. The van der Waals surface area contributed by atoms with Gasteiger partial charge >= 0.3 is 6.03 Å². The van der Waals surface area contributed by atoms with E-state index < -0.39 is 18.2 Å². The molecule has 154 valence electrons. The van der Waals surface area contributed by atoms with E-state index in [0.29, 0.717) is 23.8 Å². The van der Waals surface area contributed by atoms with Crippen LogP contribution >= 0.6 is 22.9 Å². The van der Waals surface area contributed by atoms with Crippen molar-refractivity contribution in [3.05, 3.63) is 58.3 Å². The summed E-state index contributed by atoms with van der Waals surface area (Å²) in [7, 11) is 0. The van der Waals surface area contributed by atoms with Crippen LogP contribution in [-0.2, 0) is 17.8 Å². The standard InChI is InChI=1S/C20H19ClN6O2S/c1-2-26-17-16(18(28)24-19(26)29)27(9-12-6-4-3-5-7-12)15(23-17)8-13-10-25-11-14(21)30-20(25)22-13/h3-7,10-11,16-17H,2,8-9H2,1H3,(H,24,28,29). The lowest BCUT2D eigenvalue weighted by Crippen LogP contribution is -2.64. The summed E-state index contributed by atoms with van der Waals surface area (Å²) in [5.41, 5.74) is 1.90. The van der Waals surface area contributed by atoms with Crippen LogP contribution < -0.4 is 5.32 Å². The van der Waals surface area contributed by atoms with Crippen molar-refractivity contribution >= 4 is 45.7 Å². The number of likely N-dealkylation sites (N-methyl/N-ethyl adjacent to an activating group) is 1. The number of amides is 3. The molecule has 0 radical (unpaired) electrons. The number of aliphatic imine (C=N–C) groups is 1. The van der Waals surface area contributed by atoms with Gasteiger partial charge in [-0.1, -0.05) is 53.3 Å². The number of thiazole rings is 1. The van der Waals surface area contributed by atoms with E-state index in [9.17, 15) is 9.59 Å². The highest BCUT2D eigenvalue weighted by Gasteiger charge is 2.49. The second kappa shape index (κ2) is 7.41. The number of imidazole rings is 1. The summed E-state index contributed by atoms with van der Waals surface area (Å²) in [5, 5.41) is 2.48. The van der Waals surface area contributed by atoms with E-state index in [1.54, 1.807) is 4.90 Å². The summed E-state index contributed by atoms with van der Waals surface area (Å²) in [5.74, 6) is 0.427. The molecule has 2 aromatic heterocycles. The number of aromatic nitrogens is 2. The lowest BCUT2D eigenvalue weighted by molar-refractivity contribution is -0.127. The third-order valence-corrected chi connectivity index (χ3v) is 6.48. The average Bonchev–Trinajstić information content (AvgIpc) is 3.35. The van der Waals surface area contributed by atoms with Crippen molar-refractivity contribution in [2.75, 3.05) is 6.54 Å². The topological polar surface area (TPSA) is 82.3 Å². The summed E-state index contributed by atoms with van der Waals surface area (Å²) < 4.78 is 2.56. The first-order valence-corrected chi connectivity index (χ1v) is 10.8. The van der Waals surface area contributed by atoms with Crippen LogP contribution in [0.25, 0.3) is 4.96 Å². The fourth-order valence-electron chi connectivity index (χ4n) is 4.02. The predicted octanol–water partition coefficient (Wildman–Crippen LogP) is 2.77. The molecule has 0 bridgehead atoms. The fraction of sp³-hybridized carbons (Fsp3) is 0.300. The fourth-order valence-corrected chi connectivity index (χ4v) is 5.04. The molecule has 2 unspecified atom stereocenters. The lowest BCUT2D eigenvalue weighted by Gasteiger charge is -2.37. The van der Waals surface area contributed by atoms with E-state index in [0.717, 1.165) is 22.1 Å². The second-order valence-corrected chi connectivity index (χ2v) is 8.87. The molecule has 1 aromatic carbocycles. The zero-order chi connectivity index (χ0) is 20.8. The van der Waals surface area contributed by atoms with Gasteiger partial charge in [0.15, 0.2) is 17.2 Å². The number of carbonyl (C=O) groups is 2. The number of rotatable bonds is 5.